The van der Waals surface area contributed by atoms with Crippen molar-refractivity contribution in [2.45, 2.75) is 37.6 Å². The van der Waals surface area contributed by atoms with Gasteiger partial charge >= 0.3 is 0 Å². The summed E-state index contributed by atoms with van der Waals surface area (Å²) in [6, 6.07) is 7.91. The van der Waals surface area contributed by atoms with Crippen LogP contribution in [0.3, 0.4) is 0 Å². The van der Waals surface area contributed by atoms with E-state index in [0.717, 1.165) is 24.4 Å². The molecule has 9 heteroatoms. The number of rotatable bonds is 5. The molecule has 2 aliphatic rings. The summed E-state index contributed by atoms with van der Waals surface area (Å²) >= 11 is 6.23. The molecule has 0 radical (unpaired) electrons. The van der Waals surface area contributed by atoms with Gasteiger partial charge in [-0.2, -0.15) is 0 Å². The van der Waals surface area contributed by atoms with Gasteiger partial charge in [-0.25, -0.2) is 8.42 Å². The smallest absolute Gasteiger partial charge is 0.191 e. The molecule has 28 heavy (non-hydrogen) atoms. The summed E-state index contributed by atoms with van der Waals surface area (Å²) < 4.78 is 29.0. The molecule has 0 bridgehead atoms. The number of hydrogen-bond acceptors (Lipinski definition) is 4. The van der Waals surface area contributed by atoms with Crippen LogP contribution in [-0.4, -0.2) is 58.2 Å². The van der Waals surface area contributed by atoms with E-state index in [0.29, 0.717) is 32.1 Å². The van der Waals surface area contributed by atoms with Crippen molar-refractivity contribution in [3.05, 3.63) is 34.9 Å². The summed E-state index contributed by atoms with van der Waals surface area (Å²) in [5.74, 6) is 1.09. The van der Waals surface area contributed by atoms with Gasteiger partial charge in [0, 0.05) is 36.2 Å². The largest absolute Gasteiger partial charge is 0.381 e. The first-order valence-electron chi connectivity index (χ1n) is 9.51. The van der Waals surface area contributed by atoms with Crippen LogP contribution in [-0.2, 0) is 20.0 Å². The molecule has 0 saturated carbocycles. The van der Waals surface area contributed by atoms with E-state index in [1.54, 1.807) is 0 Å². The van der Waals surface area contributed by atoms with Crippen LogP contribution in [0.15, 0.2) is 29.3 Å². The Kier molecular flexibility index (Phi) is 8.84. The summed E-state index contributed by atoms with van der Waals surface area (Å²) in [5.41, 5.74) is 1.06. The van der Waals surface area contributed by atoms with Gasteiger partial charge in [0.15, 0.2) is 15.8 Å². The monoisotopic (exact) mass is 541 g/mol. The predicted molar refractivity (Wildman–Crippen MR) is 125 cm³/mol. The average molecular weight is 542 g/mol. The molecule has 3 rings (SSSR count). The molecule has 2 heterocycles. The maximum atomic E-state index is 11.7. The Balaban J connectivity index is 0.00000280. The summed E-state index contributed by atoms with van der Waals surface area (Å²) in [5, 5.41) is 7.26. The zero-order valence-corrected chi connectivity index (χ0v) is 20.0. The molecule has 1 unspecified atom stereocenters. The van der Waals surface area contributed by atoms with Gasteiger partial charge in [0.1, 0.15) is 0 Å². The summed E-state index contributed by atoms with van der Waals surface area (Å²) in [7, 11) is -2.93. The van der Waals surface area contributed by atoms with Gasteiger partial charge in [0.25, 0.3) is 0 Å². The maximum Gasteiger partial charge on any atom is 0.191 e. The molecule has 2 N–H and O–H groups in total. The van der Waals surface area contributed by atoms with Gasteiger partial charge in [-0.05, 0) is 43.9 Å². The topological polar surface area (TPSA) is 79.8 Å². The van der Waals surface area contributed by atoms with Crippen LogP contribution in [0.2, 0.25) is 5.02 Å². The predicted octanol–water partition coefficient (Wildman–Crippen LogP) is 2.75. The quantitative estimate of drug-likeness (QED) is 0.340. The second kappa shape index (κ2) is 10.4. The number of ether oxygens (including phenoxy) is 1. The Bertz CT molecular complexity index is 782. The van der Waals surface area contributed by atoms with Gasteiger partial charge in [-0.3, -0.25) is 4.99 Å². The standard InChI is InChI=1S/C19H28ClN3O3S.HI/c1-2-21-18(23-17-6-11-27(24,25)13-17)22-14-19(7-9-26-10-8-19)15-4-3-5-16(20)12-15;/h3-5,12,17H,2,6-11,13-14H2,1H3,(H2,21,22,23);1H. The SMILES string of the molecule is CCNC(=NCC1(c2cccc(Cl)c2)CCOCC1)NC1CCS(=O)(=O)C1.I. The maximum absolute atomic E-state index is 11.7. The molecule has 2 saturated heterocycles. The van der Waals surface area contributed by atoms with Crippen molar-refractivity contribution in [2.75, 3.05) is 37.8 Å². The number of aliphatic imine (C=N–C) groups is 1. The second-order valence-corrected chi connectivity index (χ2v) is 10.0. The highest BCUT2D eigenvalue weighted by Crippen LogP contribution is 2.36. The highest BCUT2D eigenvalue weighted by molar-refractivity contribution is 14.0. The molecule has 1 aromatic rings. The fraction of sp³-hybridized carbons (Fsp3) is 0.632. The normalized spacial score (nSPS) is 23.6. The third kappa shape index (κ3) is 6.21. The molecular weight excluding hydrogens is 513 g/mol. The Morgan fingerprint density at radius 2 is 2.11 bits per heavy atom. The molecule has 2 aliphatic heterocycles. The van der Waals surface area contributed by atoms with Crippen molar-refractivity contribution in [1.29, 1.82) is 0 Å². The Morgan fingerprint density at radius 3 is 2.71 bits per heavy atom. The molecule has 1 aromatic carbocycles. The van der Waals surface area contributed by atoms with E-state index in [-0.39, 0.29) is 46.9 Å². The van der Waals surface area contributed by atoms with Crippen LogP contribution >= 0.6 is 35.6 Å². The van der Waals surface area contributed by atoms with Crippen molar-refractivity contribution < 1.29 is 13.2 Å². The molecule has 0 amide bonds. The van der Waals surface area contributed by atoms with Gasteiger partial charge in [0.05, 0.1) is 18.1 Å². The average Bonchev–Trinajstić information content (AvgIpc) is 2.99. The first-order chi connectivity index (χ1) is 12.9. The lowest BCUT2D eigenvalue weighted by Gasteiger charge is -2.37. The molecule has 158 valence electrons. The van der Waals surface area contributed by atoms with Crippen molar-refractivity contribution >= 4 is 51.4 Å². The van der Waals surface area contributed by atoms with Gasteiger partial charge in [-0.1, -0.05) is 23.7 Å². The number of benzene rings is 1. The number of nitrogens with zero attached hydrogens (tertiary/aromatic N) is 1. The van der Waals surface area contributed by atoms with Gasteiger partial charge in [-0.15, -0.1) is 24.0 Å². The molecule has 0 aromatic heterocycles. The number of nitrogens with one attached hydrogen (secondary N) is 2. The third-order valence-electron chi connectivity index (χ3n) is 5.34. The first kappa shape index (κ1) is 23.7. The van der Waals surface area contributed by atoms with E-state index in [2.05, 4.69) is 16.7 Å². The zero-order valence-electron chi connectivity index (χ0n) is 16.1. The van der Waals surface area contributed by atoms with Crippen LogP contribution in [0, 0.1) is 0 Å². The van der Waals surface area contributed by atoms with E-state index < -0.39 is 9.84 Å². The van der Waals surface area contributed by atoms with Crippen LogP contribution in [0.25, 0.3) is 0 Å². The molecule has 6 nitrogen and oxygen atoms in total. The molecule has 0 spiro atoms. The Hall–Kier alpha value is -0.580. The highest BCUT2D eigenvalue weighted by Gasteiger charge is 2.35. The molecule has 2 fully saturated rings. The highest BCUT2D eigenvalue weighted by atomic mass is 127. The second-order valence-electron chi connectivity index (χ2n) is 7.34. The van der Waals surface area contributed by atoms with Crippen molar-refractivity contribution in [3.63, 3.8) is 0 Å². The van der Waals surface area contributed by atoms with E-state index in [1.165, 1.54) is 5.56 Å². The Labute approximate surface area is 189 Å². The van der Waals surface area contributed by atoms with Gasteiger partial charge < -0.3 is 15.4 Å². The van der Waals surface area contributed by atoms with Crippen LogP contribution < -0.4 is 10.6 Å². The third-order valence-corrected chi connectivity index (χ3v) is 7.35. The molecule has 1 atom stereocenters. The van der Waals surface area contributed by atoms with Crippen LogP contribution in [0.5, 0.6) is 0 Å². The lowest BCUT2D eigenvalue weighted by Crippen LogP contribution is -2.45. The van der Waals surface area contributed by atoms with Crippen molar-refractivity contribution in [1.82, 2.24) is 10.6 Å². The summed E-state index contributed by atoms with van der Waals surface area (Å²) in [6.07, 6.45) is 2.39. The minimum atomic E-state index is -2.93. The molecular formula is C19H29ClIN3O3S. The fourth-order valence-electron chi connectivity index (χ4n) is 3.77. The first-order valence-corrected chi connectivity index (χ1v) is 11.7. The lowest BCUT2D eigenvalue weighted by molar-refractivity contribution is 0.0531. The Morgan fingerprint density at radius 1 is 1.36 bits per heavy atom. The molecule has 0 aliphatic carbocycles. The fourth-order valence-corrected chi connectivity index (χ4v) is 5.63. The minimum absolute atomic E-state index is 0. The minimum Gasteiger partial charge on any atom is -0.381 e. The van der Waals surface area contributed by atoms with Crippen LogP contribution in [0.1, 0.15) is 31.7 Å². The number of hydrogen-bond donors (Lipinski definition) is 2. The summed E-state index contributed by atoms with van der Waals surface area (Å²) in [4.78, 5) is 4.83. The lowest BCUT2D eigenvalue weighted by atomic mass is 9.74. The zero-order chi connectivity index (χ0) is 19.3. The van der Waals surface area contributed by atoms with Crippen molar-refractivity contribution in [3.8, 4) is 0 Å². The number of halogens is 2. The van der Waals surface area contributed by atoms with Crippen LogP contribution in [0.4, 0.5) is 0 Å². The van der Waals surface area contributed by atoms with E-state index in [4.69, 9.17) is 21.3 Å². The summed E-state index contributed by atoms with van der Waals surface area (Å²) in [6.45, 7) is 4.73. The number of guanidine groups is 1. The van der Waals surface area contributed by atoms with E-state index >= 15 is 0 Å². The van der Waals surface area contributed by atoms with E-state index in [1.807, 2.05) is 25.1 Å². The van der Waals surface area contributed by atoms with Gasteiger partial charge in [0.2, 0.25) is 0 Å². The van der Waals surface area contributed by atoms with E-state index in [9.17, 15) is 8.42 Å². The van der Waals surface area contributed by atoms with Crippen molar-refractivity contribution in [2.24, 2.45) is 4.99 Å². The number of sulfone groups is 1.